The summed E-state index contributed by atoms with van der Waals surface area (Å²) in [6, 6.07) is 9.30. The number of carbonyl (C=O) groups excluding carboxylic acids is 2. The molecule has 0 radical (unpaired) electrons. The van der Waals surface area contributed by atoms with Crippen LogP contribution in [0.15, 0.2) is 42.5 Å². The van der Waals surface area contributed by atoms with E-state index in [0.29, 0.717) is 13.0 Å². The van der Waals surface area contributed by atoms with Gasteiger partial charge in [-0.3, -0.25) is 9.59 Å². The first kappa shape index (κ1) is 19.2. The van der Waals surface area contributed by atoms with E-state index in [1.54, 1.807) is 29.2 Å². The molecule has 1 aliphatic heterocycles. The average Bonchev–Trinajstić information content (AvgIpc) is 3.01. The third-order valence-electron chi connectivity index (χ3n) is 4.30. The van der Waals surface area contributed by atoms with Crippen LogP contribution in [0.2, 0.25) is 5.02 Å². The van der Waals surface area contributed by atoms with Crippen molar-refractivity contribution in [3.63, 3.8) is 0 Å². The highest BCUT2D eigenvalue weighted by molar-refractivity contribution is 6.34. The summed E-state index contributed by atoms with van der Waals surface area (Å²) in [5, 5.41) is 2.42. The Kier molecular flexibility index (Phi) is 5.41. The zero-order valence-electron chi connectivity index (χ0n) is 14.1. The van der Waals surface area contributed by atoms with Gasteiger partial charge in [0.25, 0.3) is 5.91 Å². The Balaban J connectivity index is 1.70. The SMILES string of the molecule is O=C(Nc1cc(C(F)(F)F)ccc1Cl)c1ccc(CN2CCCC2=O)cc1. The Bertz CT molecular complexity index is 866. The van der Waals surface area contributed by atoms with Crippen LogP contribution in [-0.2, 0) is 17.5 Å². The van der Waals surface area contributed by atoms with Gasteiger partial charge in [0.15, 0.2) is 0 Å². The number of halogens is 4. The summed E-state index contributed by atoms with van der Waals surface area (Å²) in [6.07, 6.45) is -3.13. The molecule has 0 saturated carbocycles. The van der Waals surface area contributed by atoms with E-state index in [1.165, 1.54) is 0 Å². The number of amides is 2. The number of rotatable bonds is 4. The second-order valence-corrected chi connectivity index (χ2v) is 6.67. The van der Waals surface area contributed by atoms with Crippen LogP contribution in [0.4, 0.5) is 18.9 Å². The first-order valence-corrected chi connectivity index (χ1v) is 8.66. The molecule has 0 aliphatic carbocycles. The molecule has 0 bridgehead atoms. The molecule has 0 atom stereocenters. The molecule has 1 fully saturated rings. The molecule has 1 N–H and O–H groups in total. The van der Waals surface area contributed by atoms with E-state index in [9.17, 15) is 22.8 Å². The van der Waals surface area contributed by atoms with Gasteiger partial charge in [-0.15, -0.1) is 0 Å². The lowest BCUT2D eigenvalue weighted by Gasteiger charge is -2.15. The lowest BCUT2D eigenvalue weighted by molar-refractivity contribution is -0.137. The van der Waals surface area contributed by atoms with Crippen LogP contribution in [0.1, 0.15) is 34.3 Å². The van der Waals surface area contributed by atoms with Crippen molar-refractivity contribution >= 4 is 29.1 Å². The number of likely N-dealkylation sites (tertiary alicyclic amines) is 1. The fourth-order valence-electron chi connectivity index (χ4n) is 2.84. The normalized spacial score (nSPS) is 14.5. The number of nitrogens with one attached hydrogen (secondary N) is 1. The van der Waals surface area contributed by atoms with Gasteiger partial charge in [-0.2, -0.15) is 13.2 Å². The van der Waals surface area contributed by atoms with Crippen molar-refractivity contribution in [3.8, 4) is 0 Å². The minimum absolute atomic E-state index is 0.0144. The molecule has 1 aliphatic rings. The summed E-state index contributed by atoms with van der Waals surface area (Å²) in [4.78, 5) is 25.7. The van der Waals surface area contributed by atoms with Gasteiger partial charge in [0.2, 0.25) is 5.91 Å². The lowest BCUT2D eigenvalue weighted by Crippen LogP contribution is -2.23. The maximum absolute atomic E-state index is 12.8. The number of alkyl halides is 3. The molecule has 3 rings (SSSR count). The van der Waals surface area contributed by atoms with Crippen LogP contribution in [0.25, 0.3) is 0 Å². The van der Waals surface area contributed by atoms with Crippen LogP contribution in [0.3, 0.4) is 0 Å². The highest BCUT2D eigenvalue weighted by Crippen LogP contribution is 2.34. The van der Waals surface area contributed by atoms with Crippen LogP contribution in [0.5, 0.6) is 0 Å². The third kappa shape index (κ3) is 4.60. The number of benzene rings is 2. The van der Waals surface area contributed by atoms with Gasteiger partial charge >= 0.3 is 6.18 Å². The first-order valence-electron chi connectivity index (χ1n) is 8.29. The molecule has 2 aromatic rings. The number of hydrogen-bond acceptors (Lipinski definition) is 2. The average molecular weight is 397 g/mol. The summed E-state index contributed by atoms with van der Waals surface area (Å²) in [6.45, 7) is 1.19. The molecule has 0 aromatic heterocycles. The topological polar surface area (TPSA) is 49.4 Å². The van der Waals surface area contributed by atoms with E-state index in [4.69, 9.17) is 11.6 Å². The zero-order chi connectivity index (χ0) is 19.6. The molecule has 4 nitrogen and oxygen atoms in total. The Morgan fingerprint density at radius 3 is 2.44 bits per heavy atom. The molecule has 142 valence electrons. The summed E-state index contributed by atoms with van der Waals surface area (Å²) < 4.78 is 38.4. The van der Waals surface area contributed by atoms with E-state index in [1.807, 2.05) is 0 Å². The van der Waals surface area contributed by atoms with Gasteiger partial charge < -0.3 is 10.2 Å². The van der Waals surface area contributed by atoms with Gasteiger partial charge in [-0.1, -0.05) is 23.7 Å². The monoisotopic (exact) mass is 396 g/mol. The maximum Gasteiger partial charge on any atom is 0.416 e. The minimum Gasteiger partial charge on any atom is -0.338 e. The molecule has 1 saturated heterocycles. The van der Waals surface area contributed by atoms with E-state index in [0.717, 1.165) is 36.7 Å². The number of hydrogen-bond donors (Lipinski definition) is 1. The standard InChI is InChI=1S/C19H16ClF3N2O2/c20-15-8-7-14(19(21,22)23)10-16(15)24-18(27)13-5-3-12(4-6-13)11-25-9-1-2-17(25)26/h3-8,10H,1-2,9,11H2,(H,24,27). The summed E-state index contributed by atoms with van der Waals surface area (Å²) in [5.74, 6) is -0.462. The van der Waals surface area contributed by atoms with Crippen molar-refractivity contribution in [2.24, 2.45) is 0 Å². The second kappa shape index (κ2) is 7.60. The van der Waals surface area contributed by atoms with Crippen LogP contribution >= 0.6 is 11.6 Å². The Morgan fingerprint density at radius 2 is 1.85 bits per heavy atom. The highest BCUT2D eigenvalue weighted by atomic mass is 35.5. The van der Waals surface area contributed by atoms with E-state index in [-0.39, 0.29) is 22.2 Å². The van der Waals surface area contributed by atoms with Gasteiger partial charge in [0.1, 0.15) is 0 Å². The largest absolute Gasteiger partial charge is 0.416 e. The molecule has 2 amide bonds. The maximum atomic E-state index is 12.8. The van der Waals surface area contributed by atoms with Crippen LogP contribution in [0, 0.1) is 0 Å². The molecular weight excluding hydrogens is 381 g/mol. The van der Waals surface area contributed by atoms with Crippen molar-refractivity contribution in [2.75, 3.05) is 11.9 Å². The molecule has 2 aromatic carbocycles. The van der Waals surface area contributed by atoms with Crippen molar-refractivity contribution in [1.82, 2.24) is 4.90 Å². The Labute approximate surface area is 158 Å². The number of anilines is 1. The summed E-state index contributed by atoms with van der Waals surface area (Å²) in [5.41, 5.74) is 0.148. The van der Waals surface area contributed by atoms with Crippen LogP contribution < -0.4 is 5.32 Å². The van der Waals surface area contributed by atoms with Gasteiger partial charge in [0, 0.05) is 25.1 Å². The smallest absolute Gasteiger partial charge is 0.338 e. The predicted molar refractivity (Wildman–Crippen MR) is 95.5 cm³/mol. The van der Waals surface area contributed by atoms with Gasteiger partial charge in [0.05, 0.1) is 16.3 Å². The molecule has 0 spiro atoms. The van der Waals surface area contributed by atoms with E-state index >= 15 is 0 Å². The molecule has 1 heterocycles. The van der Waals surface area contributed by atoms with Crippen LogP contribution in [-0.4, -0.2) is 23.3 Å². The fourth-order valence-corrected chi connectivity index (χ4v) is 3.01. The quantitative estimate of drug-likeness (QED) is 0.812. The Hall–Kier alpha value is -2.54. The summed E-state index contributed by atoms with van der Waals surface area (Å²) in [7, 11) is 0. The van der Waals surface area contributed by atoms with Crippen molar-refractivity contribution < 1.29 is 22.8 Å². The highest BCUT2D eigenvalue weighted by Gasteiger charge is 2.31. The van der Waals surface area contributed by atoms with Crippen molar-refractivity contribution in [3.05, 3.63) is 64.2 Å². The van der Waals surface area contributed by atoms with E-state index in [2.05, 4.69) is 5.32 Å². The molecule has 27 heavy (non-hydrogen) atoms. The predicted octanol–water partition coefficient (Wildman–Crippen LogP) is 4.73. The second-order valence-electron chi connectivity index (χ2n) is 6.26. The minimum atomic E-state index is -4.53. The van der Waals surface area contributed by atoms with Gasteiger partial charge in [-0.05, 0) is 42.3 Å². The van der Waals surface area contributed by atoms with E-state index < -0.39 is 17.6 Å². The number of nitrogens with zero attached hydrogens (tertiary/aromatic N) is 1. The molecule has 0 unspecified atom stereocenters. The third-order valence-corrected chi connectivity index (χ3v) is 4.63. The van der Waals surface area contributed by atoms with Crippen molar-refractivity contribution in [1.29, 1.82) is 0 Å². The molecule has 8 heteroatoms. The zero-order valence-corrected chi connectivity index (χ0v) is 14.9. The lowest BCUT2D eigenvalue weighted by atomic mass is 10.1. The fraction of sp³-hybridized carbons (Fsp3) is 0.263. The van der Waals surface area contributed by atoms with Gasteiger partial charge in [-0.25, -0.2) is 0 Å². The number of carbonyl (C=O) groups is 2. The Morgan fingerprint density at radius 1 is 1.15 bits per heavy atom. The van der Waals surface area contributed by atoms with Crippen molar-refractivity contribution in [2.45, 2.75) is 25.6 Å². The molecular formula is C19H16ClF3N2O2. The first-order chi connectivity index (χ1) is 12.7. The summed E-state index contributed by atoms with van der Waals surface area (Å²) >= 11 is 5.89.